The third-order valence-corrected chi connectivity index (χ3v) is 10.4. The minimum absolute atomic E-state index is 0.0505. The van der Waals surface area contributed by atoms with Crippen molar-refractivity contribution in [1.82, 2.24) is 0 Å². The lowest BCUT2D eigenvalue weighted by atomic mass is 9.81. The lowest BCUT2D eigenvalue weighted by molar-refractivity contribution is -0.672. The standard InChI is InChI=1S/C47H50NO/c1-26(2)34-19-38(27(3)4)44(39(20-34)28(5)6)32-13-15-36-30(17-32)11-12-31-18-41-37-16-14-33-25-48-24-29(7)35(23-47(8,9)10)21-42(48)45(33)46(37)49-43(41)22-40(31)36/h11-22,24,26-28H,23,25H2,1-10H3/q+1/i7D3,23D2. The third kappa shape index (κ3) is 5.27. The molecule has 49 heavy (non-hydrogen) atoms. The number of benzene rings is 5. The number of nitrogens with zero attached hydrogens (tertiary/aromatic N) is 1. The van der Waals surface area contributed by atoms with E-state index in [0.717, 1.165) is 49.5 Å². The Morgan fingerprint density at radius 1 is 0.735 bits per heavy atom. The highest BCUT2D eigenvalue weighted by Gasteiger charge is 2.32. The van der Waals surface area contributed by atoms with Crippen molar-refractivity contribution in [2.75, 3.05) is 0 Å². The van der Waals surface area contributed by atoms with Gasteiger partial charge in [-0.25, -0.2) is 0 Å². The molecular formula is C47H50NO+. The topological polar surface area (TPSA) is 17.0 Å². The Kier molecular flexibility index (Phi) is 6.10. The fourth-order valence-electron chi connectivity index (χ4n) is 7.93. The Morgan fingerprint density at radius 3 is 2.08 bits per heavy atom. The van der Waals surface area contributed by atoms with Gasteiger partial charge in [-0.3, -0.25) is 0 Å². The van der Waals surface area contributed by atoms with E-state index in [1.807, 2.05) is 25.3 Å². The molecule has 1 aliphatic heterocycles. The van der Waals surface area contributed by atoms with Crippen molar-refractivity contribution in [3.8, 4) is 22.4 Å². The summed E-state index contributed by atoms with van der Waals surface area (Å²) < 4.78 is 51.9. The highest BCUT2D eigenvalue weighted by Crippen LogP contribution is 2.44. The van der Waals surface area contributed by atoms with Crippen LogP contribution in [0, 0.1) is 12.3 Å². The predicted octanol–water partition coefficient (Wildman–Crippen LogP) is 13.1. The smallest absolute Gasteiger partial charge is 0.217 e. The van der Waals surface area contributed by atoms with E-state index in [-0.39, 0.29) is 11.1 Å². The first kappa shape index (κ1) is 26.4. The maximum Gasteiger partial charge on any atom is 0.217 e. The molecule has 0 amide bonds. The molecule has 5 aromatic carbocycles. The van der Waals surface area contributed by atoms with Crippen molar-refractivity contribution in [2.24, 2.45) is 5.41 Å². The van der Waals surface area contributed by atoms with Crippen molar-refractivity contribution in [3.63, 3.8) is 0 Å². The van der Waals surface area contributed by atoms with Crippen LogP contribution >= 0.6 is 0 Å². The molecular weight excluding hydrogens is 595 g/mol. The molecule has 0 radical (unpaired) electrons. The largest absolute Gasteiger partial charge is 0.455 e. The zero-order valence-electron chi connectivity index (χ0n) is 35.3. The van der Waals surface area contributed by atoms with E-state index in [1.165, 1.54) is 38.6 Å². The first-order valence-electron chi connectivity index (χ1n) is 20.4. The van der Waals surface area contributed by atoms with Crippen molar-refractivity contribution in [1.29, 1.82) is 0 Å². The van der Waals surface area contributed by atoms with Crippen LogP contribution in [0.2, 0.25) is 0 Å². The number of fused-ring (bicyclic) bond motifs is 10. The van der Waals surface area contributed by atoms with Crippen molar-refractivity contribution in [3.05, 3.63) is 112 Å². The van der Waals surface area contributed by atoms with E-state index >= 15 is 0 Å². The Bertz CT molecular complexity index is 2640. The normalized spacial score (nSPS) is 15.3. The molecule has 248 valence electrons. The second-order valence-electron chi connectivity index (χ2n) is 16.2. The average Bonchev–Trinajstić information content (AvgIpc) is 3.65. The van der Waals surface area contributed by atoms with Crippen molar-refractivity contribution < 1.29 is 15.8 Å². The van der Waals surface area contributed by atoms with Gasteiger partial charge in [0.1, 0.15) is 11.2 Å². The summed E-state index contributed by atoms with van der Waals surface area (Å²) in [5.41, 5.74) is 10.5. The average molecular weight is 650 g/mol. The number of hydrogen-bond acceptors (Lipinski definition) is 1. The monoisotopic (exact) mass is 649 g/mol. The lowest BCUT2D eigenvalue weighted by Gasteiger charge is -2.23. The molecule has 0 unspecified atom stereocenters. The fraction of sp³-hybridized carbons (Fsp3) is 0.340. The van der Waals surface area contributed by atoms with Gasteiger partial charge in [0.15, 0.2) is 12.7 Å². The number of aromatic nitrogens is 1. The summed E-state index contributed by atoms with van der Waals surface area (Å²) in [7, 11) is 0. The second kappa shape index (κ2) is 11.3. The van der Waals surface area contributed by atoms with Gasteiger partial charge < -0.3 is 4.42 Å². The molecule has 0 fully saturated rings. The SMILES string of the molecule is [2H]C([2H])([2H])c1c[n+]2c(cc1C([2H])([2H])C(C)(C)C)-c1c(ccc3c1oc1cc4c(ccc5cc(-c6c(C(C)C)cc(C(C)C)cc6C(C)C)ccc54)cc13)C2. The summed E-state index contributed by atoms with van der Waals surface area (Å²) in [6.45, 7) is 17.2. The highest BCUT2D eigenvalue weighted by atomic mass is 16.3. The van der Waals surface area contributed by atoms with Gasteiger partial charge in [0.25, 0.3) is 0 Å². The molecule has 2 nitrogen and oxygen atoms in total. The van der Waals surface area contributed by atoms with Gasteiger partial charge in [0.2, 0.25) is 5.69 Å². The molecule has 0 saturated heterocycles. The van der Waals surface area contributed by atoms with Gasteiger partial charge in [0.05, 0.1) is 5.56 Å². The molecule has 8 rings (SSSR count). The molecule has 0 saturated carbocycles. The third-order valence-electron chi connectivity index (χ3n) is 10.4. The molecule has 2 aromatic heterocycles. The van der Waals surface area contributed by atoms with Crippen LogP contribution in [0.5, 0.6) is 0 Å². The summed E-state index contributed by atoms with van der Waals surface area (Å²) >= 11 is 0. The van der Waals surface area contributed by atoms with Crippen LogP contribution in [-0.4, -0.2) is 0 Å². The maximum absolute atomic E-state index is 9.11. The number of furan rings is 1. The van der Waals surface area contributed by atoms with Gasteiger partial charge in [-0.1, -0.05) is 105 Å². The molecule has 0 atom stereocenters. The van der Waals surface area contributed by atoms with E-state index in [0.29, 0.717) is 24.3 Å². The summed E-state index contributed by atoms with van der Waals surface area (Å²) in [6, 6.07) is 26.5. The summed E-state index contributed by atoms with van der Waals surface area (Å²) in [5.74, 6) is 1.26. The molecule has 2 heteroatoms. The zero-order valence-corrected chi connectivity index (χ0v) is 30.3. The van der Waals surface area contributed by atoms with Gasteiger partial charge in [-0.15, -0.1) is 0 Å². The second-order valence-corrected chi connectivity index (χ2v) is 16.2. The Balaban J connectivity index is 1.31. The molecule has 0 N–H and O–H groups in total. The van der Waals surface area contributed by atoms with Crippen LogP contribution in [0.4, 0.5) is 0 Å². The van der Waals surface area contributed by atoms with Crippen LogP contribution < -0.4 is 4.57 Å². The van der Waals surface area contributed by atoms with Gasteiger partial charge in [0, 0.05) is 34.8 Å². The van der Waals surface area contributed by atoms with Crippen LogP contribution in [0.25, 0.3) is 65.9 Å². The zero-order chi connectivity index (χ0) is 38.8. The van der Waals surface area contributed by atoms with Gasteiger partial charge in [-0.05, 0) is 116 Å². The van der Waals surface area contributed by atoms with Crippen molar-refractivity contribution in [2.45, 2.75) is 99.8 Å². The van der Waals surface area contributed by atoms with Crippen LogP contribution in [0.1, 0.15) is 120 Å². The Hall–Kier alpha value is -4.43. The number of hydrogen-bond donors (Lipinski definition) is 0. The molecule has 3 heterocycles. The first-order chi connectivity index (χ1) is 25.3. The number of aryl methyl sites for hydroxylation is 1. The van der Waals surface area contributed by atoms with Crippen LogP contribution in [0.3, 0.4) is 0 Å². The summed E-state index contributed by atoms with van der Waals surface area (Å²) in [5, 5.41) is 6.63. The lowest BCUT2D eigenvalue weighted by Crippen LogP contribution is -2.33. The number of pyridine rings is 1. The molecule has 0 bridgehead atoms. The van der Waals surface area contributed by atoms with Crippen LogP contribution in [0.15, 0.2) is 83.4 Å². The molecule has 7 aromatic rings. The molecule has 0 aliphatic carbocycles. The summed E-state index contributed by atoms with van der Waals surface area (Å²) in [6.07, 6.45) is -0.253. The Labute approximate surface area is 298 Å². The quantitative estimate of drug-likeness (QED) is 0.134. The van der Waals surface area contributed by atoms with Gasteiger partial charge >= 0.3 is 0 Å². The van der Waals surface area contributed by atoms with E-state index < -0.39 is 18.6 Å². The molecule has 1 aliphatic rings. The van der Waals surface area contributed by atoms with E-state index in [4.69, 9.17) is 11.3 Å². The molecule has 0 spiro atoms. The summed E-state index contributed by atoms with van der Waals surface area (Å²) in [4.78, 5) is 0. The predicted molar refractivity (Wildman–Crippen MR) is 209 cm³/mol. The Morgan fingerprint density at radius 2 is 1.43 bits per heavy atom. The van der Waals surface area contributed by atoms with Gasteiger partial charge in [-0.2, -0.15) is 4.57 Å². The van der Waals surface area contributed by atoms with E-state index in [2.05, 4.69) is 108 Å². The van der Waals surface area contributed by atoms with E-state index in [9.17, 15) is 0 Å². The number of rotatable bonds is 5. The van der Waals surface area contributed by atoms with Crippen molar-refractivity contribution >= 4 is 43.5 Å². The minimum atomic E-state index is -2.46. The minimum Gasteiger partial charge on any atom is -0.455 e. The van der Waals surface area contributed by atoms with Crippen LogP contribution in [-0.2, 0) is 12.9 Å². The first-order valence-corrected chi connectivity index (χ1v) is 17.9. The van der Waals surface area contributed by atoms with E-state index in [1.54, 1.807) is 12.3 Å². The fourth-order valence-corrected chi connectivity index (χ4v) is 7.93. The maximum atomic E-state index is 9.11. The highest BCUT2D eigenvalue weighted by molar-refractivity contribution is 6.18.